The molecule has 0 aliphatic carbocycles. The van der Waals surface area contributed by atoms with Gasteiger partial charge in [0.2, 0.25) is 0 Å². The molecule has 3 aromatic heterocycles. The van der Waals surface area contributed by atoms with Crippen LogP contribution in [-0.4, -0.2) is 11.0 Å². The average Bonchev–Trinajstić information content (AvgIpc) is 3.15. The number of fused-ring (bicyclic) bond motifs is 1. The first kappa shape index (κ1) is 17.3. The SMILES string of the molecule is C#CC[C@H](N)Cc1oc2c(NCc3cccs3)cc(Cl)nc2c1Br. The number of terminal acetylenes is 1. The second-order valence-electron chi connectivity index (χ2n) is 5.31. The highest BCUT2D eigenvalue weighted by molar-refractivity contribution is 9.10. The van der Waals surface area contributed by atoms with Gasteiger partial charge in [-0.15, -0.1) is 23.7 Å². The predicted octanol–water partition coefficient (Wildman–Crippen LogP) is 4.81. The molecule has 3 heterocycles. The van der Waals surface area contributed by atoms with Crippen LogP contribution in [-0.2, 0) is 13.0 Å². The standard InChI is InChI=1S/C17H15BrClN3OS/c1-2-4-10(20)7-13-15(18)16-17(23-13)12(8-14(19)22-16)21-9-11-5-3-6-24-11/h1,3,5-6,8,10H,4,7,9,20H2,(H,21,22)/t10-/m0/s1. The van der Waals surface area contributed by atoms with Crippen LogP contribution in [0.15, 0.2) is 32.5 Å². The van der Waals surface area contributed by atoms with E-state index in [-0.39, 0.29) is 6.04 Å². The minimum atomic E-state index is -0.162. The summed E-state index contributed by atoms with van der Waals surface area (Å²) in [6.07, 6.45) is 6.33. The Balaban J connectivity index is 1.92. The van der Waals surface area contributed by atoms with Crippen molar-refractivity contribution in [2.24, 2.45) is 5.73 Å². The molecule has 24 heavy (non-hydrogen) atoms. The normalized spacial score (nSPS) is 12.2. The van der Waals surface area contributed by atoms with Crippen molar-refractivity contribution in [2.75, 3.05) is 5.32 Å². The smallest absolute Gasteiger partial charge is 0.177 e. The molecule has 0 aromatic carbocycles. The van der Waals surface area contributed by atoms with Crippen LogP contribution in [0.1, 0.15) is 17.1 Å². The lowest BCUT2D eigenvalue weighted by Gasteiger charge is -2.06. The van der Waals surface area contributed by atoms with Gasteiger partial charge in [0.15, 0.2) is 5.58 Å². The third-order valence-corrected chi connectivity index (χ3v) is 5.37. The van der Waals surface area contributed by atoms with Crippen LogP contribution in [0.25, 0.3) is 11.1 Å². The largest absolute Gasteiger partial charge is 0.456 e. The molecule has 4 nitrogen and oxygen atoms in total. The average molecular weight is 425 g/mol. The highest BCUT2D eigenvalue weighted by atomic mass is 79.9. The zero-order valence-electron chi connectivity index (χ0n) is 12.7. The third-order valence-electron chi connectivity index (χ3n) is 3.48. The zero-order chi connectivity index (χ0) is 17.1. The van der Waals surface area contributed by atoms with Gasteiger partial charge in [-0.25, -0.2) is 4.98 Å². The van der Waals surface area contributed by atoms with Crippen LogP contribution < -0.4 is 11.1 Å². The number of nitrogens with one attached hydrogen (secondary N) is 1. The Labute approximate surface area is 157 Å². The van der Waals surface area contributed by atoms with Crippen molar-refractivity contribution in [3.05, 3.63) is 43.8 Å². The Morgan fingerprint density at radius 3 is 3.08 bits per heavy atom. The second kappa shape index (κ2) is 7.58. The summed E-state index contributed by atoms with van der Waals surface area (Å²) in [5.74, 6) is 3.29. The molecule has 3 aromatic rings. The van der Waals surface area contributed by atoms with Gasteiger partial charge in [-0.1, -0.05) is 17.7 Å². The number of hydrogen-bond donors (Lipinski definition) is 2. The minimum absolute atomic E-state index is 0.162. The molecule has 0 radical (unpaired) electrons. The number of aromatic nitrogens is 1. The van der Waals surface area contributed by atoms with Gasteiger partial charge in [-0.05, 0) is 27.4 Å². The number of thiophene rings is 1. The van der Waals surface area contributed by atoms with Crippen molar-refractivity contribution in [1.82, 2.24) is 4.98 Å². The topological polar surface area (TPSA) is 64.1 Å². The van der Waals surface area contributed by atoms with E-state index in [1.165, 1.54) is 4.88 Å². The molecule has 0 amide bonds. The van der Waals surface area contributed by atoms with Crippen molar-refractivity contribution in [3.63, 3.8) is 0 Å². The highest BCUT2D eigenvalue weighted by Crippen LogP contribution is 2.36. The van der Waals surface area contributed by atoms with Crippen molar-refractivity contribution in [1.29, 1.82) is 0 Å². The van der Waals surface area contributed by atoms with Crippen LogP contribution in [0.5, 0.6) is 0 Å². The van der Waals surface area contributed by atoms with Gasteiger partial charge in [0.25, 0.3) is 0 Å². The quantitative estimate of drug-likeness (QED) is 0.440. The first-order valence-electron chi connectivity index (χ1n) is 7.31. The number of nitrogens with two attached hydrogens (primary N) is 1. The maximum absolute atomic E-state index is 6.16. The summed E-state index contributed by atoms with van der Waals surface area (Å²) in [6.45, 7) is 0.692. The van der Waals surface area contributed by atoms with E-state index < -0.39 is 0 Å². The van der Waals surface area contributed by atoms with Crippen molar-refractivity contribution < 1.29 is 4.42 Å². The fourth-order valence-electron chi connectivity index (χ4n) is 2.37. The molecule has 3 N–H and O–H groups in total. The van der Waals surface area contributed by atoms with Crippen LogP contribution in [0.2, 0.25) is 5.15 Å². The fraction of sp³-hybridized carbons (Fsp3) is 0.235. The summed E-state index contributed by atoms with van der Waals surface area (Å²) in [5, 5.41) is 5.80. The molecular weight excluding hydrogens is 410 g/mol. The summed E-state index contributed by atoms with van der Waals surface area (Å²) in [4.78, 5) is 5.58. The van der Waals surface area contributed by atoms with E-state index in [4.69, 9.17) is 28.2 Å². The lowest BCUT2D eigenvalue weighted by atomic mass is 10.1. The van der Waals surface area contributed by atoms with E-state index in [1.807, 2.05) is 11.4 Å². The van der Waals surface area contributed by atoms with Crippen LogP contribution >= 0.6 is 38.9 Å². The van der Waals surface area contributed by atoms with E-state index >= 15 is 0 Å². The van der Waals surface area contributed by atoms with E-state index in [9.17, 15) is 0 Å². The molecule has 0 unspecified atom stereocenters. The predicted molar refractivity (Wildman–Crippen MR) is 103 cm³/mol. The van der Waals surface area contributed by atoms with Gasteiger partial charge in [0, 0.05) is 36.4 Å². The van der Waals surface area contributed by atoms with E-state index in [0.717, 1.165) is 15.9 Å². The molecule has 3 rings (SSSR count). The Morgan fingerprint density at radius 1 is 1.54 bits per heavy atom. The fourth-order valence-corrected chi connectivity index (χ4v) is 3.72. The monoisotopic (exact) mass is 423 g/mol. The van der Waals surface area contributed by atoms with Crippen molar-refractivity contribution in [2.45, 2.75) is 25.4 Å². The Bertz CT molecular complexity index is 886. The lowest BCUT2D eigenvalue weighted by Crippen LogP contribution is -2.21. The number of halogens is 2. The van der Waals surface area contributed by atoms with Crippen LogP contribution in [0.4, 0.5) is 5.69 Å². The van der Waals surface area contributed by atoms with Gasteiger partial charge in [-0.3, -0.25) is 0 Å². The van der Waals surface area contributed by atoms with Crippen LogP contribution in [0, 0.1) is 12.3 Å². The lowest BCUT2D eigenvalue weighted by molar-refractivity contribution is 0.514. The second-order valence-corrected chi connectivity index (χ2v) is 7.53. The molecule has 0 spiro atoms. The summed E-state index contributed by atoms with van der Waals surface area (Å²) >= 11 is 11.4. The Kier molecular flexibility index (Phi) is 5.47. The minimum Gasteiger partial charge on any atom is -0.456 e. The van der Waals surface area contributed by atoms with E-state index in [1.54, 1.807) is 17.4 Å². The molecule has 0 fully saturated rings. The first-order valence-corrected chi connectivity index (χ1v) is 9.36. The summed E-state index contributed by atoms with van der Waals surface area (Å²) in [6, 6.07) is 5.69. The Hall–Kier alpha value is -1.52. The van der Waals surface area contributed by atoms with E-state index in [0.29, 0.717) is 35.6 Å². The third kappa shape index (κ3) is 3.76. The molecule has 1 atom stereocenters. The molecule has 0 saturated carbocycles. The zero-order valence-corrected chi connectivity index (χ0v) is 15.8. The van der Waals surface area contributed by atoms with Crippen molar-refractivity contribution in [3.8, 4) is 12.3 Å². The first-order chi connectivity index (χ1) is 11.6. The molecule has 0 aliphatic rings. The molecule has 7 heteroatoms. The summed E-state index contributed by atoms with van der Waals surface area (Å²) in [5.41, 5.74) is 8.15. The summed E-state index contributed by atoms with van der Waals surface area (Å²) < 4.78 is 6.77. The summed E-state index contributed by atoms with van der Waals surface area (Å²) in [7, 11) is 0. The maximum atomic E-state index is 6.16. The van der Waals surface area contributed by atoms with Gasteiger partial charge in [0.1, 0.15) is 16.4 Å². The number of hydrogen-bond acceptors (Lipinski definition) is 5. The number of rotatable bonds is 6. The number of anilines is 1. The molecule has 124 valence electrons. The van der Waals surface area contributed by atoms with Crippen LogP contribution in [0.3, 0.4) is 0 Å². The number of furan rings is 1. The van der Waals surface area contributed by atoms with Gasteiger partial charge in [-0.2, -0.15) is 0 Å². The maximum Gasteiger partial charge on any atom is 0.177 e. The number of nitrogens with zero attached hydrogens (tertiary/aromatic N) is 1. The van der Waals surface area contributed by atoms with E-state index in [2.05, 4.69) is 38.2 Å². The Morgan fingerprint density at radius 2 is 2.38 bits per heavy atom. The van der Waals surface area contributed by atoms with Gasteiger partial charge < -0.3 is 15.5 Å². The number of pyridine rings is 1. The molecule has 0 aliphatic heterocycles. The molecular formula is C17H15BrClN3OS. The highest BCUT2D eigenvalue weighted by Gasteiger charge is 2.19. The molecule has 0 saturated heterocycles. The van der Waals surface area contributed by atoms with Gasteiger partial charge in [0.05, 0.1) is 10.2 Å². The van der Waals surface area contributed by atoms with Crippen molar-refractivity contribution >= 4 is 55.7 Å². The van der Waals surface area contributed by atoms with Gasteiger partial charge >= 0.3 is 0 Å². The molecule has 0 bridgehead atoms.